The van der Waals surface area contributed by atoms with E-state index in [0.717, 1.165) is 32.1 Å². The number of unbranched alkanes of at least 4 members (excludes halogenated alkanes) is 15. The minimum atomic E-state index is -0.995. The van der Waals surface area contributed by atoms with Gasteiger partial charge in [-0.2, -0.15) is 0 Å². The van der Waals surface area contributed by atoms with E-state index in [-0.39, 0.29) is 25.0 Å². The standard InChI is InChI=1S/C37H71NO7/c1-5-7-9-11-12-13-14-15-16-17-18-19-20-22-24-26-33(40)38-34-36(35(41)32(27-29-39)45-37(34)43-4)44-30-28-31(42-3)25-23-21-10-8-6-2/h13-14,31-32,34-37,39,41H,5-12,15-30H2,1-4H3,(H,38,40)/b14-13-/t31-,32-,34?,35-,36-,37-/m1/s1. The topological polar surface area (TPSA) is 106 Å². The Balaban J connectivity index is 2.42. The molecule has 1 unspecified atom stereocenters. The van der Waals surface area contributed by atoms with E-state index in [2.05, 4.69) is 31.3 Å². The maximum absolute atomic E-state index is 13.0. The molecular weight excluding hydrogens is 570 g/mol. The van der Waals surface area contributed by atoms with E-state index in [1.54, 1.807) is 7.11 Å². The molecule has 1 amide bonds. The van der Waals surface area contributed by atoms with E-state index in [1.807, 2.05) is 0 Å². The van der Waals surface area contributed by atoms with Gasteiger partial charge in [-0.3, -0.25) is 4.79 Å². The Morgan fingerprint density at radius 3 is 2.00 bits per heavy atom. The van der Waals surface area contributed by atoms with Gasteiger partial charge in [0.15, 0.2) is 6.29 Å². The van der Waals surface area contributed by atoms with E-state index < -0.39 is 30.6 Å². The van der Waals surface area contributed by atoms with Gasteiger partial charge in [-0.05, 0) is 51.4 Å². The maximum atomic E-state index is 13.0. The molecule has 1 aliphatic rings. The predicted octanol–water partition coefficient (Wildman–Crippen LogP) is 7.77. The third-order valence-corrected chi connectivity index (χ3v) is 9.03. The lowest BCUT2D eigenvalue weighted by atomic mass is 9.94. The highest BCUT2D eigenvalue weighted by atomic mass is 16.7. The first-order valence-corrected chi connectivity index (χ1v) is 18.6. The Bertz CT molecular complexity index is 706. The Morgan fingerprint density at radius 1 is 0.822 bits per heavy atom. The maximum Gasteiger partial charge on any atom is 0.220 e. The van der Waals surface area contributed by atoms with Crippen molar-refractivity contribution in [3.8, 4) is 0 Å². The first kappa shape index (κ1) is 42.0. The third-order valence-electron chi connectivity index (χ3n) is 9.03. The molecule has 1 aliphatic heterocycles. The van der Waals surface area contributed by atoms with Crippen LogP contribution in [0.25, 0.3) is 0 Å². The second-order valence-electron chi connectivity index (χ2n) is 12.9. The molecule has 0 saturated carbocycles. The monoisotopic (exact) mass is 642 g/mol. The molecule has 3 N–H and O–H groups in total. The van der Waals surface area contributed by atoms with Crippen LogP contribution >= 0.6 is 0 Å². The van der Waals surface area contributed by atoms with Crippen LogP contribution in [0.15, 0.2) is 12.2 Å². The number of carbonyl (C=O) groups is 1. The lowest BCUT2D eigenvalue weighted by Gasteiger charge is -2.44. The van der Waals surface area contributed by atoms with Gasteiger partial charge in [-0.15, -0.1) is 0 Å². The van der Waals surface area contributed by atoms with Crippen molar-refractivity contribution in [1.82, 2.24) is 5.32 Å². The Hall–Kier alpha value is -1.03. The molecule has 0 aliphatic carbocycles. The quantitative estimate of drug-likeness (QED) is 0.0543. The first-order chi connectivity index (χ1) is 22.0. The van der Waals surface area contributed by atoms with Crippen molar-refractivity contribution >= 4 is 5.91 Å². The number of methoxy groups -OCH3 is 2. The first-order valence-electron chi connectivity index (χ1n) is 18.6. The number of amides is 1. The van der Waals surface area contributed by atoms with Crippen molar-refractivity contribution < 1.29 is 34.0 Å². The Morgan fingerprint density at radius 2 is 1.40 bits per heavy atom. The van der Waals surface area contributed by atoms with Crippen LogP contribution in [-0.4, -0.2) is 80.3 Å². The smallest absolute Gasteiger partial charge is 0.220 e. The van der Waals surface area contributed by atoms with Crippen molar-refractivity contribution in [2.75, 3.05) is 27.4 Å². The highest BCUT2D eigenvalue weighted by Crippen LogP contribution is 2.27. The van der Waals surface area contributed by atoms with Crippen molar-refractivity contribution in [2.45, 2.75) is 192 Å². The Kier molecular flexibility index (Phi) is 27.2. The fraction of sp³-hybridized carbons (Fsp3) is 0.919. The summed E-state index contributed by atoms with van der Waals surface area (Å²) in [6.07, 6.45) is 25.8. The van der Waals surface area contributed by atoms with Crippen molar-refractivity contribution in [3.63, 3.8) is 0 Å². The number of aliphatic hydroxyl groups excluding tert-OH is 2. The summed E-state index contributed by atoms with van der Waals surface area (Å²) in [4.78, 5) is 13.0. The molecule has 0 bridgehead atoms. The molecule has 1 rings (SSSR count). The van der Waals surface area contributed by atoms with E-state index in [1.165, 1.54) is 97.0 Å². The van der Waals surface area contributed by atoms with Gasteiger partial charge in [0.05, 0.1) is 12.2 Å². The molecule has 0 aromatic carbocycles. The minimum Gasteiger partial charge on any atom is -0.396 e. The molecule has 6 atom stereocenters. The fourth-order valence-corrected chi connectivity index (χ4v) is 6.14. The number of hydrogen-bond donors (Lipinski definition) is 3. The number of aliphatic hydroxyl groups is 2. The number of nitrogens with one attached hydrogen (secondary N) is 1. The molecule has 8 nitrogen and oxygen atoms in total. The zero-order valence-electron chi connectivity index (χ0n) is 29.5. The lowest BCUT2D eigenvalue weighted by molar-refractivity contribution is -0.267. The van der Waals surface area contributed by atoms with Crippen LogP contribution in [0.5, 0.6) is 0 Å². The number of allylic oxidation sites excluding steroid dienone is 2. The molecule has 0 aromatic rings. The third kappa shape index (κ3) is 20.1. The van der Waals surface area contributed by atoms with Crippen LogP contribution in [-0.2, 0) is 23.7 Å². The minimum absolute atomic E-state index is 0.0876. The molecule has 0 spiro atoms. The zero-order chi connectivity index (χ0) is 33.0. The van der Waals surface area contributed by atoms with Crippen molar-refractivity contribution in [2.24, 2.45) is 0 Å². The van der Waals surface area contributed by atoms with E-state index in [0.29, 0.717) is 19.4 Å². The molecule has 1 fully saturated rings. The van der Waals surface area contributed by atoms with Crippen LogP contribution in [0, 0.1) is 0 Å². The van der Waals surface area contributed by atoms with Gasteiger partial charge >= 0.3 is 0 Å². The van der Waals surface area contributed by atoms with Crippen LogP contribution in [0.3, 0.4) is 0 Å². The van der Waals surface area contributed by atoms with Crippen LogP contribution in [0.4, 0.5) is 0 Å². The molecule has 45 heavy (non-hydrogen) atoms. The van der Waals surface area contributed by atoms with E-state index in [4.69, 9.17) is 18.9 Å². The van der Waals surface area contributed by atoms with Gasteiger partial charge in [0, 0.05) is 33.9 Å². The van der Waals surface area contributed by atoms with Crippen molar-refractivity contribution in [3.05, 3.63) is 12.2 Å². The largest absolute Gasteiger partial charge is 0.396 e. The Labute approximate surface area is 276 Å². The van der Waals surface area contributed by atoms with Gasteiger partial charge in [0.2, 0.25) is 5.91 Å². The zero-order valence-corrected chi connectivity index (χ0v) is 29.5. The molecule has 8 heteroatoms. The summed E-state index contributed by atoms with van der Waals surface area (Å²) < 4.78 is 23.5. The van der Waals surface area contributed by atoms with Crippen LogP contribution < -0.4 is 5.32 Å². The summed E-state index contributed by atoms with van der Waals surface area (Å²) in [5.41, 5.74) is 0. The van der Waals surface area contributed by atoms with Gasteiger partial charge in [-0.25, -0.2) is 0 Å². The number of carbonyl (C=O) groups excluding carboxylic acids is 1. The second-order valence-corrected chi connectivity index (χ2v) is 12.9. The average Bonchev–Trinajstić information content (AvgIpc) is 3.04. The molecular formula is C37H71NO7. The van der Waals surface area contributed by atoms with Crippen LogP contribution in [0.1, 0.15) is 155 Å². The molecule has 0 radical (unpaired) electrons. The lowest BCUT2D eigenvalue weighted by Crippen LogP contribution is -2.64. The highest BCUT2D eigenvalue weighted by molar-refractivity contribution is 5.76. The normalized spacial score (nSPS) is 22.7. The summed E-state index contributed by atoms with van der Waals surface area (Å²) >= 11 is 0. The molecule has 0 aromatic heterocycles. The average molecular weight is 642 g/mol. The SMILES string of the molecule is CCCCCC/C=C\CCCCCCCCCC(=O)NC1[C@H](OC)O[C@H](CCO)[C@@H](O)[C@@H]1OCC[C@@H](CCCCCCC)OC. The highest BCUT2D eigenvalue weighted by Gasteiger charge is 2.46. The summed E-state index contributed by atoms with van der Waals surface area (Å²) in [5, 5.41) is 23.7. The molecule has 266 valence electrons. The number of ether oxygens (including phenoxy) is 4. The summed E-state index contributed by atoms with van der Waals surface area (Å²) in [6, 6.07) is -0.645. The second kappa shape index (κ2) is 29.1. The fourth-order valence-electron chi connectivity index (χ4n) is 6.14. The summed E-state index contributed by atoms with van der Waals surface area (Å²) in [7, 11) is 3.26. The molecule has 1 heterocycles. The van der Waals surface area contributed by atoms with Gasteiger partial charge in [0.1, 0.15) is 18.2 Å². The number of rotatable bonds is 30. The summed E-state index contributed by atoms with van der Waals surface area (Å²) in [5.74, 6) is -0.0876. The van der Waals surface area contributed by atoms with Gasteiger partial charge in [-0.1, -0.05) is 109 Å². The molecule has 1 saturated heterocycles. The summed E-state index contributed by atoms with van der Waals surface area (Å²) in [6.45, 7) is 4.73. The van der Waals surface area contributed by atoms with E-state index in [9.17, 15) is 15.0 Å². The van der Waals surface area contributed by atoms with Gasteiger partial charge < -0.3 is 34.5 Å². The van der Waals surface area contributed by atoms with Crippen LogP contribution in [0.2, 0.25) is 0 Å². The van der Waals surface area contributed by atoms with Crippen molar-refractivity contribution in [1.29, 1.82) is 0 Å². The predicted molar refractivity (Wildman–Crippen MR) is 183 cm³/mol. The number of hydrogen-bond acceptors (Lipinski definition) is 7. The van der Waals surface area contributed by atoms with Gasteiger partial charge in [0.25, 0.3) is 0 Å². The van der Waals surface area contributed by atoms with E-state index >= 15 is 0 Å².